The highest BCUT2D eigenvalue weighted by molar-refractivity contribution is 5.91. The maximum Gasteiger partial charge on any atom is 0.358 e. The summed E-state index contributed by atoms with van der Waals surface area (Å²) < 4.78 is 5.60. The maximum atomic E-state index is 12.7. The first-order valence-electron chi connectivity index (χ1n) is 9.63. The van der Waals surface area contributed by atoms with Gasteiger partial charge in [0, 0.05) is 0 Å². The van der Waals surface area contributed by atoms with Gasteiger partial charge in [-0.2, -0.15) is 5.26 Å². The zero-order chi connectivity index (χ0) is 21.1. The lowest BCUT2D eigenvalue weighted by Gasteiger charge is -2.13. The highest BCUT2D eigenvalue weighted by Crippen LogP contribution is 2.38. The minimum absolute atomic E-state index is 0.0424. The second-order valence-electron chi connectivity index (χ2n) is 7.23. The average Bonchev–Trinajstić information content (AvgIpc) is 3.16. The van der Waals surface area contributed by atoms with Crippen LogP contribution in [0.2, 0.25) is 0 Å². The van der Waals surface area contributed by atoms with E-state index in [-0.39, 0.29) is 13.0 Å². The Morgan fingerprint density at radius 1 is 0.933 bits per heavy atom. The first-order chi connectivity index (χ1) is 14.6. The van der Waals surface area contributed by atoms with Gasteiger partial charge in [-0.3, -0.25) is 4.89 Å². The highest BCUT2D eigenvalue weighted by atomic mass is 17.1. The predicted molar refractivity (Wildman–Crippen MR) is 111 cm³/mol. The number of benzene rings is 3. The van der Waals surface area contributed by atoms with E-state index in [0.29, 0.717) is 11.1 Å². The predicted octanol–water partition coefficient (Wildman–Crippen LogP) is 3.50. The van der Waals surface area contributed by atoms with Crippen molar-refractivity contribution in [3.8, 4) is 11.1 Å². The molecule has 0 aliphatic heterocycles. The van der Waals surface area contributed by atoms with Crippen LogP contribution >= 0.6 is 0 Å². The largest absolute Gasteiger partial charge is 0.457 e. The van der Waals surface area contributed by atoms with Gasteiger partial charge >= 0.3 is 11.9 Å². The summed E-state index contributed by atoms with van der Waals surface area (Å²) in [6.07, 6.45) is 0.856. The number of esters is 1. The van der Waals surface area contributed by atoms with Crippen LogP contribution < -0.4 is 5.73 Å². The van der Waals surface area contributed by atoms with Gasteiger partial charge in [0.2, 0.25) is 0 Å². The lowest BCUT2D eigenvalue weighted by atomic mass is 10.0. The SMILES string of the molecule is NC(Cc1ccccc1C(=O)OCc1cccc2c1Cc1ccccc1-2)C(=O)OO. The third kappa shape index (κ3) is 3.83. The molecule has 1 unspecified atom stereocenters. The average molecular weight is 403 g/mol. The summed E-state index contributed by atoms with van der Waals surface area (Å²) >= 11 is 0. The molecule has 152 valence electrons. The Morgan fingerprint density at radius 2 is 1.63 bits per heavy atom. The van der Waals surface area contributed by atoms with E-state index in [1.165, 1.54) is 22.3 Å². The zero-order valence-electron chi connectivity index (χ0n) is 16.2. The molecule has 3 aromatic carbocycles. The first kappa shape index (κ1) is 19.8. The number of rotatable bonds is 6. The maximum absolute atomic E-state index is 12.7. The van der Waals surface area contributed by atoms with Crippen LogP contribution in [0.3, 0.4) is 0 Å². The molecule has 0 radical (unpaired) electrons. The van der Waals surface area contributed by atoms with Crippen molar-refractivity contribution in [1.82, 2.24) is 0 Å². The molecule has 0 heterocycles. The first-order valence-corrected chi connectivity index (χ1v) is 9.63. The van der Waals surface area contributed by atoms with E-state index in [2.05, 4.69) is 23.1 Å². The Bertz CT molecular complexity index is 1110. The van der Waals surface area contributed by atoms with Crippen LogP contribution in [-0.4, -0.2) is 23.2 Å². The molecule has 1 aliphatic carbocycles. The number of carbonyl (C=O) groups is 2. The molecule has 1 aliphatic rings. The van der Waals surface area contributed by atoms with Gasteiger partial charge in [0.15, 0.2) is 0 Å². The monoisotopic (exact) mass is 403 g/mol. The molecule has 0 amide bonds. The fraction of sp³-hybridized carbons (Fsp3) is 0.167. The van der Waals surface area contributed by atoms with Gasteiger partial charge in [-0.25, -0.2) is 9.59 Å². The summed E-state index contributed by atoms with van der Waals surface area (Å²) in [5.41, 5.74) is 12.4. The Hall–Kier alpha value is -3.48. The molecule has 0 fully saturated rings. The quantitative estimate of drug-likeness (QED) is 0.290. The van der Waals surface area contributed by atoms with Crippen molar-refractivity contribution in [2.75, 3.05) is 0 Å². The summed E-state index contributed by atoms with van der Waals surface area (Å²) in [6, 6.07) is 20.0. The van der Waals surface area contributed by atoms with Crippen molar-refractivity contribution in [1.29, 1.82) is 0 Å². The molecule has 1 atom stereocenters. The zero-order valence-corrected chi connectivity index (χ0v) is 16.2. The topological polar surface area (TPSA) is 98.9 Å². The fourth-order valence-electron chi connectivity index (χ4n) is 3.87. The lowest BCUT2D eigenvalue weighted by molar-refractivity contribution is -0.235. The highest BCUT2D eigenvalue weighted by Gasteiger charge is 2.23. The molecule has 6 nitrogen and oxygen atoms in total. The number of hydrogen-bond donors (Lipinski definition) is 2. The smallest absolute Gasteiger partial charge is 0.358 e. The van der Waals surface area contributed by atoms with E-state index < -0.39 is 18.0 Å². The third-order valence-corrected chi connectivity index (χ3v) is 5.38. The van der Waals surface area contributed by atoms with Gasteiger partial charge in [-0.05, 0) is 52.3 Å². The van der Waals surface area contributed by atoms with E-state index in [1.54, 1.807) is 24.3 Å². The van der Waals surface area contributed by atoms with Crippen LogP contribution in [0, 0.1) is 0 Å². The third-order valence-electron chi connectivity index (χ3n) is 5.38. The second-order valence-corrected chi connectivity index (χ2v) is 7.23. The van der Waals surface area contributed by atoms with E-state index in [1.807, 2.05) is 24.3 Å². The number of nitrogens with two attached hydrogens (primary N) is 1. The molecular formula is C24H21NO5. The van der Waals surface area contributed by atoms with Crippen molar-refractivity contribution < 1.29 is 24.5 Å². The molecule has 30 heavy (non-hydrogen) atoms. The van der Waals surface area contributed by atoms with Crippen LogP contribution in [0.1, 0.15) is 32.6 Å². The molecule has 4 rings (SSSR count). The number of ether oxygens (including phenoxy) is 1. The second kappa shape index (κ2) is 8.49. The molecule has 0 saturated carbocycles. The molecule has 3 aromatic rings. The van der Waals surface area contributed by atoms with Crippen LogP contribution in [-0.2, 0) is 33.9 Å². The van der Waals surface area contributed by atoms with Crippen LogP contribution in [0.5, 0.6) is 0 Å². The molecule has 3 N–H and O–H groups in total. The van der Waals surface area contributed by atoms with Crippen molar-refractivity contribution in [3.63, 3.8) is 0 Å². The summed E-state index contributed by atoms with van der Waals surface area (Å²) in [5.74, 6) is -1.46. The minimum Gasteiger partial charge on any atom is -0.457 e. The summed E-state index contributed by atoms with van der Waals surface area (Å²) in [5, 5.41) is 8.49. The van der Waals surface area contributed by atoms with Crippen LogP contribution in [0.4, 0.5) is 0 Å². The molecule has 0 spiro atoms. The van der Waals surface area contributed by atoms with Crippen molar-refractivity contribution in [3.05, 3.63) is 94.5 Å². The van der Waals surface area contributed by atoms with E-state index in [9.17, 15) is 9.59 Å². The van der Waals surface area contributed by atoms with Gasteiger partial charge in [-0.15, -0.1) is 0 Å². The number of carbonyl (C=O) groups excluding carboxylic acids is 2. The number of fused-ring (bicyclic) bond motifs is 3. The minimum atomic E-state index is -1.08. The van der Waals surface area contributed by atoms with Crippen LogP contribution in [0.25, 0.3) is 11.1 Å². The van der Waals surface area contributed by atoms with Crippen molar-refractivity contribution in [2.24, 2.45) is 5.73 Å². The summed E-state index contributed by atoms with van der Waals surface area (Å²) in [4.78, 5) is 27.8. The molecule has 0 saturated heterocycles. The lowest BCUT2D eigenvalue weighted by Crippen LogP contribution is -2.34. The Labute approximate surface area is 173 Å². The molecule has 0 bridgehead atoms. The summed E-state index contributed by atoms with van der Waals surface area (Å²) in [7, 11) is 0. The normalized spacial score (nSPS) is 12.6. The van der Waals surface area contributed by atoms with Crippen molar-refractivity contribution in [2.45, 2.75) is 25.5 Å². The Balaban J connectivity index is 1.50. The fourth-order valence-corrected chi connectivity index (χ4v) is 3.87. The number of hydrogen-bond acceptors (Lipinski definition) is 6. The molecular weight excluding hydrogens is 382 g/mol. The van der Waals surface area contributed by atoms with Gasteiger partial charge < -0.3 is 10.5 Å². The van der Waals surface area contributed by atoms with E-state index in [4.69, 9.17) is 15.7 Å². The van der Waals surface area contributed by atoms with E-state index in [0.717, 1.165) is 12.0 Å². The Morgan fingerprint density at radius 3 is 2.47 bits per heavy atom. The summed E-state index contributed by atoms with van der Waals surface area (Å²) in [6.45, 7) is 0.148. The van der Waals surface area contributed by atoms with Gasteiger partial charge in [-0.1, -0.05) is 60.7 Å². The van der Waals surface area contributed by atoms with E-state index >= 15 is 0 Å². The van der Waals surface area contributed by atoms with Gasteiger partial charge in [0.25, 0.3) is 0 Å². The van der Waals surface area contributed by atoms with Gasteiger partial charge in [0.05, 0.1) is 5.56 Å². The molecule has 0 aromatic heterocycles. The molecule has 6 heteroatoms. The van der Waals surface area contributed by atoms with Crippen molar-refractivity contribution >= 4 is 11.9 Å². The van der Waals surface area contributed by atoms with Crippen LogP contribution in [0.15, 0.2) is 66.7 Å². The standard InChI is InChI=1S/C24H21NO5/c25-22(24(27)30-28)13-16-7-2-4-10-19(16)23(26)29-14-17-8-5-11-20-18-9-3-1-6-15(18)12-21(17)20/h1-11,22,28H,12-14,25H2. The van der Waals surface area contributed by atoms with Gasteiger partial charge in [0.1, 0.15) is 12.6 Å². The Kier molecular flexibility index (Phi) is 5.61.